The van der Waals surface area contributed by atoms with Crippen LogP contribution in [0.4, 0.5) is 5.82 Å². The third-order valence-corrected chi connectivity index (χ3v) is 1.82. The third kappa shape index (κ3) is 2.66. The Morgan fingerprint density at radius 2 is 2.46 bits per heavy atom. The van der Waals surface area contributed by atoms with E-state index in [0.717, 1.165) is 0 Å². The van der Waals surface area contributed by atoms with Gasteiger partial charge in [-0.15, -0.1) is 0 Å². The summed E-state index contributed by atoms with van der Waals surface area (Å²) < 4.78 is 5.17. The fourth-order valence-corrected chi connectivity index (χ4v) is 0.876. The maximum Gasteiger partial charge on any atom is 0.312 e. The molecule has 0 aliphatic rings. The summed E-state index contributed by atoms with van der Waals surface area (Å²) in [5.41, 5.74) is 5.39. The molecule has 0 bridgehead atoms. The van der Waals surface area contributed by atoms with Gasteiger partial charge in [0.15, 0.2) is 10.4 Å². The van der Waals surface area contributed by atoms with E-state index in [4.69, 9.17) is 10.5 Å². The Hall–Kier alpha value is -1.17. The van der Waals surface area contributed by atoms with Crippen molar-refractivity contribution in [2.45, 2.75) is 13.3 Å². The molecule has 5 nitrogen and oxygen atoms in total. The van der Waals surface area contributed by atoms with E-state index in [9.17, 15) is 4.79 Å². The zero-order chi connectivity index (χ0) is 9.84. The minimum Gasteiger partial charge on any atom is -0.406 e. The summed E-state index contributed by atoms with van der Waals surface area (Å²) in [4.78, 5) is 18.4. The van der Waals surface area contributed by atoms with Crippen LogP contribution in [0, 0.1) is 0 Å². The smallest absolute Gasteiger partial charge is 0.312 e. The highest BCUT2D eigenvalue weighted by atomic mass is 79.9. The zero-order valence-corrected chi connectivity index (χ0v) is 8.54. The lowest BCUT2D eigenvalue weighted by Crippen LogP contribution is -2.07. The second kappa shape index (κ2) is 4.18. The van der Waals surface area contributed by atoms with E-state index < -0.39 is 0 Å². The van der Waals surface area contributed by atoms with Crippen molar-refractivity contribution in [2.24, 2.45) is 0 Å². The minimum absolute atomic E-state index is 0.146. The Kier molecular flexibility index (Phi) is 3.18. The number of nitrogen functional groups attached to an aromatic ring is 1. The predicted molar refractivity (Wildman–Crippen MR) is 50.1 cm³/mol. The number of hydrogen-bond acceptors (Lipinski definition) is 5. The molecule has 0 aliphatic heterocycles. The summed E-state index contributed by atoms with van der Waals surface area (Å²) >= 11 is 3.07. The number of rotatable bonds is 2. The number of nitrogens with two attached hydrogens (primary N) is 1. The van der Waals surface area contributed by atoms with Crippen LogP contribution in [0.3, 0.4) is 0 Å². The molecule has 13 heavy (non-hydrogen) atoms. The van der Waals surface area contributed by atoms with Gasteiger partial charge in [0.2, 0.25) is 5.88 Å². The zero-order valence-electron chi connectivity index (χ0n) is 6.95. The summed E-state index contributed by atoms with van der Waals surface area (Å²) in [5, 5.41) is 0. The number of ether oxygens (including phenoxy) is 1. The standard InChI is InChI=1S/C7H8BrN3O2/c1-2-5(12)13-4-3-10-7(9)6(8)11-4/h3H,2H2,1H3,(H2,9,10). The van der Waals surface area contributed by atoms with Crippen LogP contribution < -0.4 is 10.5 Å². The minimum atomic E-state index is -0.356. The molecule has 0 unspecified atom stereocenters. The van der Waals surface area contributed by atoms with Crippen LogP contribution in [0.1, 0.15) is 13.3 Å². The van der Waals surface area contributed by atoms with Crippen molar-refractivity contribution in [3.05, 3.63) is 10.8 Å². The molecule has 0 amide bonds. The summed E-state index contributed by atoms with van der Waals surface area (Å²) in [6, 6.07) is 0. The first-order valence-electron chi connectivity index (χ1n) is 3.62. The van der Waals surface area contributed by atoms with Gasteiger partial charge in [-0.25, -0.2) is 9.97 Å². The monoisotopic (exact) mass is 245 g/mol. The van der Waals surface area contributed by atoms with E-state index in [-0.39, 0.29) is 17.7 Å². The summed E-state index contributed by atoms with van der Waals surface area (Å²) in [7, 11) is 0. The average molecular weight is 246 g/mol. The van der Waals surface area contributed by atoms with Gasteiger partial charge in [-0.05, 0) is 15.9 Å². The van der Waals surface area contributed by atoms with Crippen LogP contribution in [0.2, 0.25) is 0 Å². The molecule has 0 fully saturated rings. The summed E-state index contributed by atoms with van der Waals surface area (Å²) in [6.07, 6.45) is 1.59. The quantitative estimate of drug-likeness (QED) is 0.791. The third-order valence-electron chi connectivity index (χ3n) is 1.24. The van der Waals surface area contributed by atoms with Crippen molar-refractivity contribution in [1.29, 1.82) is 0 Å². The van der Waals surface area contributed by atoms with Crippen LogP contribution in [0.15, 0.2) is 10.8 Å². The summed E-state index contributed by atoms with van der Waals surface area (Å²) in [5.74, 6) is 0.0511. The molecular weight excluding hydrogens is 238 g/mol. The first kappa shape index (κ1) is 9.91. The Balaban J connectivity index is 2.79. The van der Waals surface area contributed by atoms with E-state index in [1.807, 2.05) is 0 Å². The van der Waals surface area contributed by atoms with Crippen molar-refractivity contribution in [3.63, 3.8) is 0 Å². The van der Waals surface area contributed by atoms with Crippen molar-refractivity contribution in [2.75, 3.05) is 5.73 Å². The van der Waals surface area contributed by atoms with Gasteiger partial charge in [-0.1, -0.05) is 6.92 Å². The van der Waals surface area contributed by atoms with E-state index in [2.05, 4.69) is 25.9 Å². The number of esters is 1. The number of carbonyl (C=O) groups is 1. The molecule has 70 valence electrons. The van der Waals surface area contributed by atoms with Crippen molar-refractivity contribution in [3.8, 4) is 5.88 Å². The molecule has 0 saturated carbocycles. The van der Waals surface area contributed by atoms with Gasteiger partial charge in [0, 0.05) is 6.42 Å². The van der Waals surface area contributed by atoms with Crippen molar-refractivity contribution >= 4 is 27.7 Å². The van der Waals surface area contributed by atoms with Gasteiger partial charge in [-0.3, -0.25) is 4.79 Å². The maximum atomic E-state index is 10.8. The predicted octanol–water partition coefficient (Wildman–Crippen LogP) is 1.14. The van der Waals surface area contributed by atoms with E-state index in [1.54, 1.807) is 6.92 Å². The molecule has 1 heterocycles. The molecule has 0 aromatic carbocycles. The number of anilines is 1. The van der Waals surface area contributed by atoms with Crippen molar-refractivity contribution in [1.82, 2.24) is 9.97 Å². The molecule has 0 spiro atoms. The van der Waals surface area contributed by atoms with Crippen LogP contribution in [0.5, 0.6) is 5.88 Å². The molecule has 0 radical (unpaired) electrons. The molecule has 1 aromatic rings. The fourth-order valence-electron chi connectivity index (χ4n) is 0.599. The number of aromatic nitrogens is 2. The molecule has 1 aromatic heterocycles. The van der Waals surface area contributed by atoms with Crippen LogP contribution >= 0.6 is 15.9 Å². The largest absolute Gasteiger partial charge is 0.406 e. The highest BCUT2D eigenvalue weighted by molar-refractivity contribution is 9.10. The number of carbonyl (C=O) groups excluding carboxylic acids is 1. The molecule has 0 saturated heterocycles. The highest BCUT2D eigenvalue weighted by Gasteiger charge is 2.05. The highest BCUT2D eigenvalue weighted by Crippen LogP contribution is 2.17. The topological polar surface area (TPSA) is 78.1 Å². The number of nitrogens with zero attached hydrogens (tertiary/aromatic N) is 2. The molecule has 1 rings (SSSR count). The fraction of sp³-hybridized carbons (Fsp3) is 0.286. The first-order valence-corrected chi connectivity index (χ1v) is 4.41. The van der Waals surface area contributed by atoms with Crippen LogP contribution in [0.25, 0.3) is 0 Å². The van der Waals surface area contributed by atoms with Gasteiger partial charge in [0.05, 0.1) is 6.20 Å². The molecular formula is C7H8BrN3O2. The van der Waals surface area contributed by atoms with E-state index >= 15 is 0 Å². The Labute approximate surface area is 83.4 Å². The second-order valence-corrected chi connectivity index (χ2v) is 2.96. The average Bonchev–Trinajstić information content (AvgIpc) is 2.11. The van der Waals surface area contributed by atoms with E-state index in [0.29, 0.717) is 11.0 Å². The van der Waals surface area contributed by atoms with Gasteiger partial charge in [0.1, 0.15) is 0 Å². The summed E-state index contributed by atoms with van der Waals surface area (Å²) in [6.45, 7) is 1.70. The molecule has 6 heteroatoms. The number of halogens is 1. The normalized spacial score (nSPS) is 9.69. The van der Waals surface area contributed by atoms with Gasteiger partial charge in [-0.2, -0.15) is 0 Å². The van der Waals surface area contributed by atoms with Crippen LogP contribution in [-0.2, 0) is 4.79 Å². The lowest BCUT2D eigenvalue weighted by atomic mass is 10.5. The van der Waals surface area contributed by atoms with Gasteiger partial charge in [0.25, 0.3) is 0 Å². The molecule has 2 N–H and O–H groups in total. The van der Waals surface area contributed by atoms with Crippen molar-refractivity contribution < 1.29 is 9.53 Å². The number of hydrogen-bond donors (Lipinski definition) is 1. The van der Waals surface area contributed by atoms with E-state index in [1.165, 1.54) is 6.20 Å². The van der Waals surface area contributed by atoms with Gasteiger partial charge >= 0.3 is 5.97 Å². The molecule has 0 aliphatic carbocycles. The molecule has 0 atom stereocenters. The second-order valence-electron chi connectivity index (χ2n) is 2.21. The van der Waals surface area contributed by atoms with Gasteiger partial charge < -0.3 is 10.5 Å². The van der Waals surface area contributed by atoms with Crippen LogP contribution in [-0.4, -0.2) is 15.9 Å². The first-order chi connectivity index (χ1) is 6.13. The Morgan fingerprint density at radius 3 is 3.00 bits per heavy atom. The lowest BCUT2D eigenvalue weighted by Gasteiger charge is -2.01. The SMILES string of the molecule is CCC(=O)Oc1cnc(N)c(Br)n1. The Morgan fingerprint density at radius 1 is 1.77 bits per heavy atom. The lowest BCUT2D eigenvalue weighted by molar-refractivity contribution is -0.134. The Bertz CT molecular complexity index is 330. The maximum absolute atomic E-state index is 10.8.